The molecule has 2 nitrogen and oxygen atoms in total. The average Bonchev–Trinajstić information content (AvgIpc) is 2.87. The quantitative estimate of drug-likeness (QED) is 0.841. The minimum atomic E-state index is 0.473. The van der Waals surface area contributed by atoms with Crippen LogP contribution in [0.25, 0.3) is 0 Å². The van der Waals surface area contributed by atoms with E-state index in [0.717, 1.165) is 18.9 Å². The molecule has 0 amide bonds. The highest BCUT2D eigenvalue weighted by Crippen LogP contribution is 2.43. The zero-order valence-corrected chi connectivity index (χ0v) is 13.4. The molecule has 1 aliphatic carbocycles. The summed E-state index contributed by atoms with van der Waals surface area (Å²) in [5, 5.41) is 7.18. The van der Waals surface area contributed by atoms with Crippen molar-refractivity contribution in [1.82, 2.24) is 10.3 Å². The van der Waals surface area contributed by atoms with Gasteiger partial charge < -0.3 is 5.32 Å². The van der Waals surface area contributed by atoms with Crippen molar-refractivity contribution in [1.29, 1.82) is 0 Å². The predicted octanol–water partition coefficient (Wildman–Crippen LogP) is 4.27. The van der Waals surface area contributed by atoms with Crippen molar-refractivity contribution in [2.75, 3.05) is 6.54 Å². The smallest absolute Gasteiger partial charge is 0.0940 e. The molecular weight excluding hydrogens is 252 g/mol. The van der Waals surface area contributed by atoms with Crippen molar-refractivity contribution in [3.63, 3.8) is 0 Å². The minimum Gasteiger partial charge on any atom is -0.313 e. The third-order valence-electron chi connectivity index (χ3n) is 4.61. The summed E-state index contributed by atoms with van der Waals surface area (Å²) >= 11 is 1.80. The molecule has 1 aromatic heterocycles. The lowest BCUT2D eigenvalue weighted by Crippen LogP contribution is -2.46. The molecule has 3 heteroatoms. The number of rotatable bonds is 6. The van der Waals surface area contributed by atoms with Crippen LogP contribution in [0.2, 0.25) is 0 Å². The Hall–Kier alpha value is -0.410. The number of aromatic nitrogens is 1. The van der Waals surface area contributed by atoms with E-state index < -0.39 is 0 Å². The SMILES string of the molecule is CCCNC(Cc1nccs1)C1CCCCC1(C)C. The lowest BCUT2D eigenvalue weighted by Gasteiger charge is -2.43. The Morgan fingerprint density at radius 1 is 1.47 bits per heavy atom. The Kier molecular flexibility index (Phi) is 5.40. The highest BCUT2D eigenvalue weighted by atomic mass is 32.1. The average molecular weight is 280 g/mol. The number of hydrogen-bond donors (Lipinski definition) is 1. The normalized spacial score (nSPS) is 24.3. The molecule has 1 aromatic rings. The van der Waals surface area contributed by atoms with Gasteiger partial charge in [0.2, 0.25) is 0 Å². The Bertz CT molecular complexity index is 359. The Balaban J connectivity index is 2.06. The molecule has 0 aromatic carbocycles. The van der Waals surface area contributed by atoms with Crippen molar-refractivity contribution >= 4 is 11.3 Å². The monoisotopic (exact) mass is 280 g/mol. The molecule has 0 aliphatic heterocycles. The topological polar surface area (TPSA) is 24.9 Å². The summed E-state index contributed by atoms with van der Waals surface area (Å²) in [5.74, 6) is 0.789. The fourth-order valence-corrected chi connectivity index (χ4v) is 4.17. The number of nitrogens with zero attached hydrogens (tertiary/aromatic N) is 1. The molecule has 0 saturated heterocycles. The van der Waals surface area contributed by atoms with Gasteiger partial charge in [-0.25, -0.2) is 4.98 Å². The molecule has 1 heterocycles. The van der Waals surface area contributed by atoms with E-state index in [2.05, 4.69) is 36.5 Å². The van der Waals surface area contributed by atoms with E-state index in [9.17, 15) is 0 Å². The Morgan fingerprint density at radius 2 is 2.32 bits per heavy atom. The van der Waals surface area contributed by atoms with Gasteiger partial charge >= 0.3 is 0 Å². The second-order valence-electron chi connectivity index (χ2n) is 6.53. The largest absolute Gasteiger partial charge is 0.313 e. The van der Waals surface area contributed by atoms with Crippen molar-refractivity contribution in [2.45, 2.75) is 65.3 Å². The van der Waals surface area contributed by atoms with Crippen molar-refractivity contribution in [3.8, 4) is 0 Å². The van der Waals surface area contributed by atoms with Gasteiger partial charge in [-0.15, -0.1) is 11.3 Å². The van der Waals surface area contributed by atoms with Crippen LogP contribution in [0.3, 0.4) is 0 Å². The van der Waals surface area contributed by atoms with Crippen molar-refractivity contribution in [3.05, 3.63) is 16.6 Å². The number of nitrogens with one attached hydrogen (secondary N) is 1. The van der Waals surface area contributed by atoms with Crippen LogP contribution < -0.4 is 5.32 Å². The van der Waals surface area contributed by atoms with E-state index in [0.29, 0.717) is 11.5 Å². The van der Waals surface area contributed by atoms with E-state index in [1.807, 2.05) is 6.20 Å². The summed E-state index contributed by atoms with van der Waals surface area (Å²) in [5.41, 5.74) is 0.473. The maximum atomic E-state index is 4.49. The van der Waals surface area contributed by atoms with Crippen molar-refractivity contribution in [2.24, 2.45) is 11.3 Å². The third kappa shape index (κ3) is 4.03. The van der Waals surface area contributed by atoms with Gasteiger partial charge in [0.15, 0.2) is 0 Å². The van der Waals surface area contributed by atoms with E-state index >= 15 is 0 Å². The van der Waals surface area contributed by atoms with Gasteiger partial charge in [-0.05, 0) is 37.1 Å². The van der Waals surface area contributed by atoms with E-state index in [-0.39, 0.29) is 0 Å². The summed E-state index contributed by atoms with van der Waals surface area (Å²) < 4.78 is 0. The summed E-state index contributed by atoms with van der Waals surface area (Å²) in [6.07, 6.45) is 9.80. The van der Waals surface area contributed by atoms with Gasteiger partial charge in [-0.3, -0.25) is 0 Å². The zero-order valence-electron chi connectivity index (χ0n) is 12.6. The zero-order chi connectivity index (χ0) is 13.7. The number of hydrogen-bond acceptors (Lipinski definition) is 3. The van der Waals surface area contributed by atoms with Crippen LogP contribution in [-0.4, -0.2) is 17.6 Å². The third-order valence-corrected chi connectivity index (χ3v) is 5.41. The van der Waals surface area contributed by atoms with E-state index in [4.69, 9.17) is 0 Å². The van der Waals surface area contributed by atoms with Gasteiger partial charge in [0.25, 0.3) is 0 Å². The maximum Gasteiger partial charge on any atom is 0.0940 e. The van der Waals surface area contributed by atoms with Crippen LogP contribution in [0.15, 0.2) is 11.6 Å². The van der Waals surface area contributed by atoms with Crippen LogP contribution in [0.4, 0.5) is 0 Å². The molecular formula is C16H28N2S. The summed E-state index contributed by atoms with van der Waals surface area (Å²) in [6.45, 7) is 8.29. The van der Waals surface area contributed by atoms with Crippen LogP contribution >= 0.6 is 11.3 Å². The van der Waals surface area contributed by atoms with Crippen LogP contribution in [-0.2, 0) is 6.42 Å². The van der Waals surface area contributed by atoms with E-state index in [1.54, 1.807) is 11.3 Å². The number of thiazole rings is 1. The van der Waals surface area contributed by atoms with Gasteiger partial charge in [0.1, 0.15) is 0 Å². The summed E-state index contributed by atoms with van der Waals surface area (Å²) in [6, 6.07) is 0.599. The molecule has 2 unspecified atom stereocenters. The first-order valence-corrected chi connectivity index (χ1v) is 8.63. The van der Waals surface area contributed by atoms with Gasteiger partial charge in [-0.1, -0.05) is 33.6 Å². The molecule has 0 bridgehead atoms. The molecule has 2 rings (SSSR count). The van der Waals surface area contributed by atoms with Gasteiger partial charge in [-0.2, -0.15) is 0 Å². The first-order valence-electron chi connectivity index (χ1n) is 7.75. The Labute approximate surface area is 122 Å². The second-order valence-corrected chi connectivity index (χ2v) is 7.51. The van der Waals surface area contributed by atoms with Gasteiger partial charge in [0, 0.05) is 24.0 Å². The molecule has 0 radical (unpaired) electrons. The first-order chi connectivity index (χ1) is 9.13. The molecule has 2 atom stereocenters. The molecule has 0 spiro atoms. The lowest BCUT2D eigenvalue weighted by atomic mass is 9.65. The predicted molar refractivity (Wildman–Crippen MR) is 83.6 cm³/mol. The fraction of sp³-hybridized carbons (Fsp3) is 0.812. The fourth-order valence-electron chi connectivity index (χ4n) is 3.50. The lowest BCUT2D eigenvalue weighted by molar-refractivity contribution is 0.0981. The standard InChI is InChI=1S/C16H28N2S/c1-4-9-17-14(12-15-18-10-11-19-15)13-7-5-6-8-16(13,2)3/h10-11,13-14,17H,4-9,12H2,1-3H3. The molecule has 1 saturated carbocycles. The summed E-state index contributed by atoms with van der Waals surface area (Å²) in [7, 11) is 0. The van der Waals surface area contributed by atoms with Gasteiger partial charge in [0.05, 0.1) is 5.01 Å². The van der Waals surface area contributed by atoms with E-state index in [1.165, 1.54) is 37.1 Å². The minimum absolute atomic E-state index is 0.473. The first kappa shape index (κ1) is 15.0. The molecule has 19 heavy (non-hydrogen) atoms. The van der Waals surface area contributed by atoms with Crippen LogP contribution in [0, 0.1) is 11.3 Å². The van der Waals surface area contributed by atoms with Crippen LogP contribution in [0.1, 0.15) is 57.9 Å². The highest BCUT2D eigenvalue weighted by Gasteiger charge is 2.37. The highest BCUT2D eigenvalue weighted by molar-refractivity contribution is 7.09. The molecule has 1 N–H and O–H groups in total. The molecule has 1 fully saturated rings. The molecule has 108 valence electrons. The summed E-state index contributed by atoms with van der Waals surface area (Å²) in [4.78, 5) is 4.49. The molecule has 1 aliphatic rings. The van der Waals surface area contributed by atoms with Crippen LogP contribution in [0.5, 0.6) is 0 Å². The Morgan fingerprint density at radius 3 is 2.95 bits per heavy atom. The second kappa shape index (κ2) is 6.85. The maximum absolute atomic E-state index is 4.49. The van der Waals surface area contributed by atoms with Crippen molar-refractivity contribution < 1.29 is 0 Å².